The van der Waals surface area contributed by atoms with Crippen LogP contribution in [0.1, 0.15) is 18.2 Å². The summed E-state index contributed by atoms with van der Waals surface area (Å²) in [5.74, 6) is 1.16. The van der Waals surface area contributed by atoms with Gasteiger partial charge < -0.3 is 14.2 Å². The third kappa shape index (κ3) is 3.04. The van der Waals surface area contributed by atoms with E-state index in [4.69, 9.17) is 9.72 Å². The van der Waals surface area contributed by atoms with Crippen molar-refractivity contribution in [3.8, 4) is 0 Å². The maximum absolute atomic E-state index is 12.7. The van der Waals surface area contributed by atoms with Gasteiger partial charge in [0.25, 0.3) is 0 Å². The van der Waals surface area contributed by atoms with Crippen LogP contribution >= 0.6 is 15.9 Å². The normalized spacial score (nSPS) is 17.4. The second-order valence-electron chi connectivity index (χ2n) is 6.46. The number of anilines is 1. The van der Waals surface area contributed by atoms with Crippen LogP contribution in [-0.2, 0) is 16.1 Å². The Labute approximate surface area is 160 Å². The maximum atomic E-state index is 12.7. The lowest BCUT2D eigenvalue weighted by molar-refractivity contribution is -0.117. The molecule has 1 fully saturated rings. The van der Waals surface area contributed by atoms with Crippen LogP contribution in [0.15, 0.2) is 53.0 Å². The van der Waals surface area contributed by atoms with Gasteiger partial charge in [-0.25, -0.2) is 4.98 Å². The van der Waals surface area contributed by atoms with Crippen molar-refractivity contribution in [2.75, 3.05) is 25.2 Å². The van der Waals surface area contributed by atoms with E-state index in [0.29, 0.717) is 19.6 Å². The number of fused-ring (bicyclic) bond motifs is 1. The molecule has 1 aliphatic rings. The number of hydrogen-bond acceptors (Lipinski definition) is 3. The number of benzene rings is 2. The molecule has 2 aromatic carbocycles. The molecule has 1 atom stereocenters. The molecule has 26 heavy (non-hydrogen) atoms. The summed E-state index contributed by atoms with van der Waals surface area (Å²) in [5, 5.41) is 0. The van der Waals surface area contributed by atoms with E-state index in [1.54, 1.807) is 7.11 Å². The molecule has 1 unspecified atom stereocenters. The largest absolute Gasteiger partial charge is 0.383 e. The first-order valence-electron chi connectivity index (χ1n) is 8.68. The van der Waals surface area contributed by atoms with Gasteiger partial charge in [0.05, 0.1) is 23.3 Å². The zero-order valence-corrected chi connectivity index (χ0v) is 16.1. The lowest BCUT2D eigenvalue weighted by Gasteiger charge is -2.18. The van der Waals surface area contributed by atoms with Gasteiger partial charge in [-0.05, 0) is 40.2 Å². The molecule has 5 nitrogen and oxygen atoms in total. The molecule has 4 rings (SSSR count). The monoisotopic (exact) mass is 413 g/mol. The fourth-order valence-corrected chi connectivity index (χ4v) is 4.11. The Bertz CT molecular complexity index is 953. The van der Waals surface area contributed by atoms with Crippen molar-refractivity contribution in [3.05, 3.63) is 58.8 Å². The highest BCUT2D eigenvalue weighted by Crippen LogP contribution is 2.36. The van der Waals surface area contributed by atoms with Crippen molar-refractivity contribution in [2.24, 2.45) is 0 Å². The molecule has 2 heterocycles. The summed E-state index contributed by atoms with van der Waals surface area (Å²) in [4.78, 5) is 19.4. The number of carbonyl (C=O) groups excluding carboxylic acids is 1. The van der Waals surface area contributed by atoms with Gasteiger partial charge in [0.1, 0.15) is 5.82 Å². The minimum atomic E-state index is 0.0684. The first-order chi connectivity index (χ1) is 12.7. The highest BCUT2D eigenvalue weighted by atomic mass is 79.9. The summed E-state index contributed by atoms with van der Waals surface area (Å²) < 4.78 is 8.40. The molecule has 0 saturated carbocycles. The zero-order chi connectivity index (χ0) is 18.1. The quantitative estimate of drug-likeness (QED) is 0.635. The summed E-state index contributed by atoms with van der Waals surface area (Å²) in [7, 11) is 1.70. The van der Waals surface area contributed by atoms with Crippen LogP contribution in [0.3, 0.4) is 0 Å². The first kappa shape index (κ1) is 17.2. The molecule has 0 radical (unpaired) electrons. The SMILES string of the molecule is COCCn1c(C2CC(=O)N(c3ccccc3Br)C2)nc2ccccc21. The second-order valence-corrected chi connectivity index (χ2v) is 7.31. The van der Waals surface area contributed by atoms with Gasteiger partial charge in [-0.2, -0.15) is 0 Å². The summed E-state index contributed by atoms with van der Waals surface area (Å²) in [6.45, 7) is 1.98. The average molecular weight is 414 g/mol. The van der Waals surface area contributed by atoms with Crippen LogP contribution in [0.2, 0.25) is 0 Å². The number of nitrogens with zero attached hydrogens (tertiary/aromatic N) is 3. The van der Waals surface area contributed by atoms with E-state index >= 15 is 0 Å². The molecule has 1 amide bonds. The van der Waals surface area contributed by atoms with Gasteiger partial charge in [0.2, 0.25) is 5.91 Å². The van der Waals surface area contributed by atoms with Crippen LogP contribution in [0.25, 0.3) is 11.0 Å². The number of carbonyl (C=O) groups is 1. The number of amides is 1. The number of para-hydroxylation sites is 3. The number of methoxy groups -OCH3 is 1. The average Bonchev–Trinajstić information content (AvgIpc) is 3.21. The molecular weight excluding hydrogens is 394 g/mol. The van der Waals surface area contributed by atoms with Crippen molar-refractivity contribution in [3.63, 3.8) is 0 Å². The lowest BCUT2D eigenvalue weighted by atomic mass is 10.1. The number of aromatic nitrogens is 2. The second kappa shape index (κ2) is 7.21. The highest BCUT2D eigenvalue weighted by molar-refractivity contribution is 9.10. The molecule has 6 heteroatoms. The number of rotatable bonds is 5. The van der Waals surface area contributed by atoms with E-state index in [0.717, 1.165) is 33.6 Å². The molecule has 1 aliphatic heterocycles. The molecule has 3 aromatic rings. The van der Waals surface area contributed by atoms with Gasteiger partial charge in [-0.15, -0.1) is 0 Å². The third-order valence-corrected chi connectivity index (χ3v) is 5.51. The Kier molecular flexibility index (Phi) is 4.78. The predicted octanol–water partition coefficient (Wildman–Crippen LogP) is 3.97. The number of hydrogen-bond donors (Lipinski definition) is 0. The molecule has 1 saturated heterocycles. The van der Waals surface area contributed by atoms with Crippen molar-refractivity contribution >= 4 is 38.6 Å². The minimum Gasteiger partial charge on any atom is -0.383 e. The molecule has 0 N–H and O–H groups in total. The van der Waals surface area contributed by atoms with Gasteiger partial charge in [0, 0.05) is 37.0 Å². The van der Waals surface area contributed by atoms with Gasteiger partial charge in [0.15, 0.2) is 0 Å². The number of halogens is 1. The zero-order valence-electron chi connectivity index (χ0n) is 14.6. The Morgan fingerprint density at radius 3 is 2.77 bits per heavy atom. The topological polar surface area (TPSA) is 47.4 Å². The fraction of sp³-hybridized carbons (Fsp3) is 0.300. The Morgan fingerprint density at radius 1 is 1.19 bits per heavy atom. The van der Waals surface area contributed by atoms with Gasteiger partial charge >= 0.3 is 0 Å². The van der Waals surface area contributed by atoms with Crippen molar-refractivity contribution in [2.45, 2.75) is 18.9 Å². The third-order valence-electron chi connectivity index (χ3n) is 4.84. The highest BCUT2D eigenvalue weighted by Gasteiger charge is 2.35. The molecular formula is C20H20BrN3O2. The summed E-state index contributed by atoms with van der Waals surface area (Å²) in [5.41, 5.74) is 2.97. The Hall–Kier alpha value is -2.18. The molecule has 1 aromatic heterocycles. The van der Waals surface area contributed by atoms with Crippen molar-refractivity contribution in [1.82, 2.24) is 9.55 Å². The minimum absolute atomic E-state index is 0.0684. The Balaban J connectivity index is 1.70. The van der Waals surface area contributed by atoms with Crippen molar-refractivity contribution in [1.29, 1.82) is 0 Å². The van der Waals surface area contributed by atoms with Crippen LogP contribution in [0.4, 0.5) is 5.69 Å². The van der Waals surface area contributed by atoms with Crippen LogP contribution in [0, 0.1) is 0 Å². The van der Waals surface area contributed by atoms with Gasteiger partial charge in [-0.1, -0.05) is 24.3 Å². The summed E-state index contributed by atoms with van der Waals surface area (Å²) >= 11 is 3.56. The van der Waals surface area contributed by atoms with Crippen LogP contribution in [0.5, 0.6) is 0 Å². The maximum Gasteiger partial charge on any atom is 0.227 e. The summed E-state index contributed by atoms with van der Waals surface area (Å²) in [6, 6.07) is 15.9. The first-order valence-corrected chi connectivity index (χ1v) is 9.47. The Morgan fingerprint density at radius 2 is 1.96 bits per heavy atom. The molecule has 0 spiro atoms. The lowest BCUT2D eigenvalue weighted by Crippen LogP contribution is -2.25. The van der Waals surface area contributed by atoms with E-state index in [1.165, 1.54) is 0 Å². The van der Waals surface area contributed by atoms with E-state index in [1.807, 2.05) is 47.4 Å². The predicted molar refractivity (Wildman–Crippen MR) is 105 cm³/mol. The van der Waals surface area contributed by atoms with E-state index in [-0.39, 0.29) is 11.8 Å². The number of ether oxygens (including phenoxy) is 1. The van der Waals surface area contributed by atoms with E-state index in [2.05, 4.69) is 26.6 Å². The van der Waals surface area contributed by atoms with Gasteiger partial charge in [-0.3, -0.25) is 4.79 Å². The molecule has 134 valence electrons. The van der Waals surface area contributed by atoms with Crippen molar-refractivity contribution < 1.29 is 9.53 Å². The van der Waals surface area contributed by atoms with E-state index in [9.17, 15) is 4.79 Å². The van der Waals surface area contributed by atoms with Crippen LogP contribution < -0.4 is 4.90 Å². The standard InChI is InChI=1S/C20H20BrN3O2/c1-26-11-10-23-18-9-5-3-7-16(18)22-20(23)14-12-19(25)24(13-14)17-8-4-2-6-15(17)21/h2-9,14H,10-13H2,1H3. The van der Waals surface area contributed by atoms with Crippen LogP contribution in [-0.4, -0.2) is 35.7 Å². The number of imidazole rings is 1. The molecule has 0 bridgehead atoms. The smallest absolute Gasteiger partial charge is 0.227 e. The fourth-order valence-electron chi connectivity index (χ4n) is 3.61. The molecule has 0 aliphatic carbocycles. The summed E-state index contributed by atoms with van der Waals surface area (Å²) in [6.07, 6.45) is 0.470. The van der Waals surface area contributed by atoms with E-state index < -0.39 is 0 Å².